The number of hydrogen-bond donors (Lipinski definition) is 1. The summed E-state index contributed by atoms with van der Waals surface area (Å²) in [5, 5.41) is 11.6. The number of hydrogen-bond acceptors (Lipinski definition) is 5. The van der Waals surface area contributed by atoms with E-state index in [0.29, 0.717) is 32.3 Å². The molecule has 1 rings (SSSR count). The van der Waals surface area contributed by atoms with E-state index in [2.05, 4.69) is 50.2 Å². The third-order valence-corrected chi connectivity index (χ3v) is 2.67. The predicted octanol–water partition coefficient (Wildman–Crippen LogP) is 1.86. The van der Waals surface area contributed by atoms with E-state index in [-0.39, 0.29) is 5.54 Å². The smallest absolute Gasteiger partial charge is 0.0965 e. The van der Waals surface area contributed by atoms with Crippen molar-refractivity contribution in [3.8, 4) is 0 Å². The molecule has 0 bridgehead atoms. The van der Waals surface area contributed by atoms with Crippen molar-refractivity contribution in [3.63, 3.8) is 0 Å². The average molecular weight is 298 g/mol. The van der Waals surface area contributed by atoms with Crippen LogP contribution in [-0.2, 0) is 22.6 Å². The van der Waals surface area contributed by atoms with Crippen LogP contribution in [0.1, 0.15) is 40.3 Å². The first-order valence-electron chi connectivity index (χ1n) is 7.66. The summed E-state index contributed by atoms with van der Waals surface area (Å²) in [4.78, 5) is 0. The van der Waals surface area contributed by atoms with Gasteiger partial charge in [-0.25, -0.2) is 4.68 Å². The highest BCUT2D eigenvalue weighted by atomic mass is 16.5. The van der Waals surface area contributed by atoms with Crippen molar-refractivity contribution in [1.82, 2.24) is 20.3 Å². The molecule has 6 nitrogen and oxygen atoms in total. The van der Waals surface area contributed by atoms with Crippen LogP contribution in [0.3, 0.4) is 0 Å². The van der Waals surface area contributed by atoms with Crippen molar-refractivity contribution in [2.24, 2.45) is 5.92 Å². The fourth-order valence-corrected chi connectivity index (χ4v) is 1.58. The molecule has 1 N–H and O–H groups in total. The maximum atomic E-state index is 5.51. The van der Waals surface area contributed by atoms with E-state index >= 15 is 0 Å². The molecule has 21 heavy (non-hydrogen) atoms. The Bertz CT molecular complexity index is 385. The van der Waals surface area contributed by atoms with Crippen LogP contribution in [0.4, 0.5) is 0 Å². The molecule has 0 fully saturated rings. The van der Waals surface area contributed by atoms with Gasteiger partial charge >= 0.3 is 0 Å². The van der Waals surface area contributed by atoms with Crippen LogP contribution >= 0.6 is 0 Å². The Labute approximate surface area is 128 Å². The number of nitrogens with zero attached hydrogens (tertiary/aromatic N) is 3. The molecule has 0 radical (unpaired) electrons. The first-order chi connectivity index (χ1) is 9.87. The molecule has 1 heterocycles. The predicted molar refractivity (Wildman–Crippen MR) is 83.1 cm³/mol. The molecule has 6 heteroatoms. The maximum Gasteiger partial charge on any atom is 0.0965 e. The Kier molecular flexibility index (Phi) is 7.85. The molecule has 0 atom stereocenters. The van der Waals surface area contributed by atoms with Gasteiger partial charge in [0.1, 0.15) is 0 Å². The molecular weight excluding hydrogens is 268 g/mol. The molecule has 0 aromatic carbocycles. The molecule has 0 unspecified atom stereocenters. The second-order valence-electron chi connectivity index (χ2n) is 6.66. The summed E-state index contributed by atoms with van der Waals surface area (Å²) in [5.41, 5.74) is 1.04. The lowest BCUT2D eigenvalue weighted by molar-refractivity contribution is 0.0345. The van der Waals surface area contributed by atoms with Crippen LogP contribution in [0.15, 0.2) is 6.20 Å². The summed E-state index contributed by atoms with van der Waals surface area (Å²) >= 11 is 0. The Hall–Kier alpha value is -0.980. The average Bonchev–Trinajstić information content (AvgIpc) is 2.82. The van der Waals surface area contributed by atoms with E-state index in [1.165, 1.54) is 0 Å². The zero-order valence-corrected chi connectivity index (χ0v) is 14.1. The van der Waals surface area contributed by atoms with E-state index in [9.17, 15) is 0 Å². The highest BCUT2D eigenvalue weighted by Gasteiger charge is 2.09. The minimum atomic E-state index is 0.0862. The van der Waals surface area contributed by atoms with Gasteiger partial charge in [-0.05, 0) is 26.7 Å². The second kappa shape index (κ2) is 9.12. The monoisotopic (exact) mass is 298 g/mol. The minimum Gasteiger partial charge on any atom is -0.379 e. The van der Waals surface area contributed by atoms with Crippen molar-refractivity contribution in [2.45, 2.75) is 53.2 Å². The van der Waals surface area contributed by atoms with Crippen molar-refractivity contribution >= 4 is 0 Å². The van der Waals surface area contributed by atoms with Gasteiger partial charge in [0, 0.05) is 24.9 Å². The van der Waals surface area contributed by atoms with Gasteiger partial charge in [0.25, 0.3) is 0 Å². The van der Waals surface area contributed by atoms with Gasteiger partial charge in [0.15, 0.2) is 0 Å². The largest absolute Gasteiger partial charge is 0.379 e. The fraction of sp³-hybridized carbons (Fsp3) is 0.867. The molecule has 0 aliphatic rings. The van der Waals surface area contributed by atoms with Crippen LogP contribution in [-0.4, -0.2) is 47.0 Å². The number of nitrogens with one attached hydrogen (secondary N) is 1. The summed E-state index contributed by atoms with van der Waals surface area (Å²) in [6.45, 7) is 14.8. The molecule has 0 saturated carbocycles. The fourth-order valence-electron chi connectivity index (χ4n) is 1.58. The van der Waals surface area contributed by atoms with Gasteiger partial charge < -0.3 is 14.8 Å². The van der Waals surface area contributed by atoms with Gasteiger partial charge in [0.05, 0.1) is 32.1 Å². The van der Waals surface area contributed by atoms with Crippen molar-refractivity contribution in [3.05, 3.63) is 11.9 Å². The number of rotatable bonds is 10. The normalized spacial score (nSPS) is 12.3. The highest BCUT2D eigenvalue weighted by Crippen LogP contribution is 2.01. The second-order valence-corrected chi connectivity index (χ2v) is 6.66. The van der Waals surface area contributed by atoms with Crippen molar-refractivity contribution in [1.29, 1.82) is 0 Å². The maximum absolute atomic E-state index is 5.51. The van der Waals surface area contributed by atoms with Gasteiger partial charge in [-0.2, -0.15) is 0 Å². The molecule has 1 aromatic rings. The number of ether oxygens (including phenoxy) is 2. The lowest BCUT2D eigenvalue weighted by Crippen LogP contribution is -2.35. The lowest BCUT2D eigenvalue weighted by atomic mass is 10.1. The molecule has 0 aliphatic carbocycles. The van der Waals surface area contributed by atoms with E-state index in [1.54, 1.807) is 0 Å². The third-order valence-electron chi connectivity index (χ3n) is 2.67. The van der Waals surface area contributed by atoms with E-state index in [4.69, 9.17) is 9.47 Å². The molecule has 0 aliphatic heterocycles. The Balaban J connectivity index is 2.09. The standard InChI is InChI=1S/C15H30N4O2/c1-13(2)12-21-9-8-20-7-6-19-11-14(17-18-19)10-16-15(3,4)5/h11,13,16H,6-10,12H2,1-5H3. The zero-order valence-electron chi connectivity index (χ0n) is 14.1. The van der Waals surface area contributed by atoms with Gasteiger partial charge in [0.2, 0.25) is 0 Å². The Morgan fingerprint density at radius 3 is 2.57 bits per heavy atom. The van der Waals surface area contributed by atoms with Crippen LogP contribution in [0.25, 0.3) is 0 Å². The summed E-state index contributed by atoms with van der Waals surface area (Å²) < 4.78 is 12.8. The molecule has 0 saturated heterocycles. The van der Waals surface area contributed by atoms with Crippen LogP contribution in [0, 0.1) is 5.92 Å². The number of aromatic nitrogens is 3. The van der Waals surface area contributed by atoms with E-state index in [0.717, 1.165) is 18.8 Å². The van der Waals surface area contributed by atoms with Crippen LogP contribution in [0.2, 0.25) is 0 Å². The van der Waals surface area contributed by atoms with Gasteiger partial charge in [-0.15, -0.1) is 5.10 Å². The topological polar surface area (TPSA) is 61.2 Å². The molecule has 0 spiro atoms. The SMILES string of the molecule is CC(C)COCCOCCn1cc(CNC(C)(C)C)nn1. The summed E-state index contributed by atoms with van der Waals surface area (Å²) in [7, 11) is 0. The highest BCUT2D eigenvalue weighted by molar-refractivity contribution is 4.92. The molecule has 1 aromatic heterocycles. The molecular formula is C15H30N4O2. The summed E-state index contributed by atoms with van der Waals surface area (Å²) in [5.74, 6) is 0.570. The first kappa shape index (κ1) is 18.1. The van der Waals surface area contributed by atoms with Crippen molar-refractivity contribution in [2.75, 3.05) is 26.4 Å². The van der Waals surface area contributed by atoms with Gasteiger partial charge in [-0.3, -0.25) is 0 Å². The zero-order chi connectivity index (χ0) is 15.7. The Morgan fingerprint density at radius 1 is 1.19 bits per heavy atom. The van der Waals surface area contributed by atoms with E-state index < -0.39 is 0 Å². The lowest BCUT2D eigenvalue weighted by Gasteiger charge is -2.19. The van der Waals surface area contributed by atoms with Crippen LogP contribution in [0.5, 0.6) is 0 Å². The molecule has 0 amide bonds. The third kappa shape index (κ3) is 9.55. The van der Waals surface area contributed by atoms with Crippen molar-refractivity contribution < 1.29 is 9.47 Å². The van der Waals surface area contributed by atoms with Gasteiger partial charge in [-0.1, -0.05) is 19.1 Å². The van der Waals surface area contributed by atoms with Crippen LogP contribution < -0.4 is 5.32 Å². The minimum absolute atomic E-state index is 0.0862. The summed E-state index contributed by atoms with van der Waals surface area (Å²) in [6.07, 6.45) is 1.96. The summed E-state index contributed by atoms with van der Waals surface area (Å²) in [6, 6.07) is 0. The first-order valence-corrected chi connectivity index (χ1v) is 7.66. The Morgan fingerprint density at radius 2 is 1.90 bits per heavy atom. The molecule has 122 valence electrons. The quantitative estimate of drug-likeness (QED) is 0.668. The van der Waals surface area contributed by atoms with E-state index in [1.807, 2.05) is 10.9 Å².